The summed E-state index contributed by atoms with van der Waals surface area (Å²) in [6, 6.07) is 11.0. The Morgan fingerprint density at radius 1 is 1.10 bits per heavy atom. The van der Waals surface area contributed by atoms with E-state index in [1.54, 1.807) is 12.1 Å². The van der Waals surface area contributed by atoms with E-state index in [1.165, 1.54) is 0 Å². The maximum absolute atomic E-state index is 6.14. The molecule has 0 aliphatic rings. The van der Waals surface area contributed by atoms with Crippen LogP contribution in [0.25, 0.3) is 0 Å². The molecule has 2 nitrogen and oxygen atoms in total. The lowest BCUT2D eigenvalue weighted by molar-refractivity contribution is 1.02. The fraction of sp³-hybridized carbons (Fsp3) is 0.133. The highest BCUT2D eigenvalue weighted by Crippen LogP contribution is 2.25. The van der Waals surface area contributed by atoms with Crippen molar-refractivity contribution in [3.05, 3.63) is 62.6 Å². The number of hydrogen-bond acceptors (Lipinski definition) is 2. The van der Waals surface area contributed by atoms with Gasteiger partial charge in [-0.05, 0) is 36.2 Å². The largest absolute Gasteiger partial charge is 0.389 e. The molecule has 0 atom stereocenters. The lowest BCUT2D eigenvalue weighted by Gasteiger charge is -2.13. The molecule has 0 aromatic heterocycles. The molecule has 2 rings (SSSR count). The minimum absolute atomic E-state index is 0.271. The molecular weight excluding hydrogens is 347 g/mol. The number of halogens is 3. The van der Waals surface area contributed by atoms with Crippen LogP contribution >= 0.6 is 47.0 Å². The summed E-state index contributed by atoms with van der Waals surface area (Å²) in [5, 5.41) is 5.11. The van der Waals surface area contributed by atoms with Crippen molar-refractivity contribution >= 4 is 57.7 Å². The van der Waals surface area contributed by atoms with Crippen LogP contribution in [0.4, 0.5) is 5.69 Å². The lowest BCUT2D eigenvalue weighted by atomic mass is 10.1. The van der Waals surface area contributed by atoms with Gasteiger partial charge in [-0.3, -0.25) is 0 Å². The highest BCUT2D eigenvalue weighted by Gasteiger charge is 2.09. The Balaban J connectivity index is 2.07. The number of thiocarbonyl (C=S) groups is 1. The van der Waals surface area contributed by atoms with E-state index in [-0.39, 0.29) is 4.99 Å². The van der Waals surface area contributed by atoms with Gasteiger partial charge < -0.3 is 11.1 Å². The first kappa shape index (κ1) is 16.4. The van der Waals surface area contributed by atoms with Crippen molar-refractivity contribution in [1.29, 1.82) is 0 Å². The van der Waals surface area contributed by atoms with Crippen molar-refractivity contribution in [3.63, 3.8) is 0 Å². The van der Waals surface area contributed by atoms with Gasteiger partial charge in [0.1, 0.15) is 4.99 Å². The van der Waals surface area contributed by atoms with Gasteiger partial charge in [0, 0.05) is 22.3 Å². The Morgan fingerprint density at radius 3 is 2.52 bits per heavy atom. The molecule has 0 radical (unpaired) electrons. The molecule has 0 saturated heterocycles. The molecule has 110 valence electrons. The van der Waals surface area contributed by atoms with Gasteiger partial charge in [-0.25, -0.2) is 0 Å². The van der Waals surface area contributed by atoms with Gasteiger partial charge in [-0.15, -0.1) is 0 Å². The Labute approximate surface area is 144 Å². The molecule has 0 saturated carbocycles. The molecule has 6 heteroatoms. The van der Waals surface area contributed by atoms with E-state index < -0.39 is 0 Å². The van der Waals surface area contributed by atoms with Crippen LogP contribution in [0, 0.1) is 0 Å². The van der Waals surface area contributed by atoms with Crippen LogP contribution in [0.15, 0.2) is 36.4 Å². The fourth-order valence-electron chi connectivity index (χ4n) is 1.98. The predicted molar refractivity (Wildman–Crippen MR) is 96.0 cm³/mol. The van der Waals surface area contributed by atoms with E-state index in [9.17, 15) is 0 Å². The summed E-state index contributed by atoms with van der Waals surface area (Å²) in [4.78, 5) is 0.271. The third-order valence-corrected chi connectivity index (χ3v) is 4.09. The molecule has 0 spiro atoms. The summed E-state index contributed by atoms with van der Waals surface area (Å²) in [6.45, 7) is 0.678. The normalized spacial score (nSPS) is 10.4. The third kappa shape index (κ3) is 4.24. The minimum Gasteiger partial charge on any atom is -0.389 e. The van der Waals surface area contributed by atoms with Crippen LogP contribution in [0.1, 0.15) is 11.1 Å². The smallest absolute Gasteiger partial charge is 0.107 e. The second kappa shape index (κ2) is 7.32. The molecule has 0 aliphatic carbocycles. The highest BCUT2D eigenvalue weighted by atomic mass is 35.5. The number of rotatable bonds is 5. The summed E-state index contributed by atoms with van der Waals surface area (Å²) in [5.74, 6) is 0. The maximum atomic E-state index is 6.14. The van der Waals surface area contributed by atoms with Crippen molar-refractivity contribution in [2.75, 3.05) is 11.9 Å². The van der Waals surface area contributed by atoms with Gasteiger partial charge in [-0.2, -0.15) is 0 Å². The van der Waals surface area contributed by atoms with E-state index in [0.29, 0.717) is 27.2 Å². The van der Waals surface area contributed by atoms with Gasteiger partial charge in [0.05, 0.1) is 10.6 Å². The van der Waals surface area contributed by atoms with Crippen molar-refractivity contribution in [2.45, 2.75) is 6.42 Å². The van der Waals surface area contributed by atoms with Gasteiger partial charge >= 0.3 is 0 Å². The van der Waals surface area contributed by atoms with E-state index in [0.717, 1.165) is 17.7 Å². The van der Waals surface area contributed by atoms with Crippen LogP contribution in [0.2, 0.25) is 15.1 Å². The third-order valence-electron chi connectivity index (χ3n) is 2.98. The van der Waals surface area contributed by atoms with Crippen LogP contribution in [-0.2, 0) is 6.42 Å². The van der Waals surface area contributed by atoms with Crippen LogP contribution < -0.4 is 11.1 Å². The number of nitrogens with one attached hydrogen (secondary N) is 1. The Kier molecular flexibility index (Phi) is 5.71. The fourth-order valence-corrected chi connectivity index (χ4v) is 3.03. The molecule has 2 aromatic carbocycles. The standard InChI is InChI=1S/C15H13Cl3N2S/c16-10-5-4-9(12(18)8-10)6-7-20-13-3-1-2-11(17)14(13)15(19)21/h1-5,8,20H,6-7H2,(H2,19,21). The molecule has 3 N–H and O–H groups in total. The zero-order chi connectivity index (χ0) is 15.4. The monoisotopic (exact) mass is 358 g/mol. The minimum atomic E-state index is 0.271. The summed E-state index contributed by atoms with van der Waals surface area (Å²) < 4.78 is 0. The van der Waals surface area contributed by atoms with E-state index in [1.807, 2.05) is 24.3 Å². The molecule has 0 amide bonds. The van der Waals surface area contributed by atoms with Gasteiger partial charge in [0.2, 0.25) is 0 Å². The van der Waals surface area contributed by atoms with Gasteiger partial charge in [0.15, 0.2) is 0 Å². The van der Waals surface area contributed by atoms with Crippen molar-refractivity contribution < 1.29 is 0 Å². The molecule has 2 aromatic rings. The highest BCUT2D eigenvalue weighted by molar-refractivity contribution is 7.80. The molecular formula is C15H13Cl3N2S. The first-order valence-electron chi connectivity index (χ1n) is 6.25. The molecule has 0 fully saturated rings. The Hall–Kier alpha value is -1.000. The van der Waals surface area contributed by atoms with Crippen molar-refractivity contribution in [2.24, 2.45) is 5.73 Å². The van der Waals surface area contributed by atoms with Crippen molar-refractivity contribution in [1.82, 2.24) is 0 Å². The number of benzene rings is 2. The molecule has 0 bridgehead atoms. The molecule has 0 heterocycles. The second-order valence-corrected chi connectivity index (χ2v) is 6.13. The van der Waals surface area contributed by atoms with Crippen LogP contribution in [0.5, 0.6) is 0 Å². The van der Waals surface area contributed by atoms with Crippen LogP contribution in [0.3, 0.4) is 0 Å². The predicted octanol–water partition coefficient (Wildman–Crippen LogP) is 4.94. The first-order valence-corrected chi connectivity index (χ1v) is 7.79. The number of anilines is 1. The van der Waals surface area contributed by atoms with Crippen molar-refractivity contribution in [3.8, 4) is 0 Å². The van der Waals surface area contributed by atoms with Gasteiger partial charge in [0.25, 0.3) is 0 Å². The quantitative estimate of drug-likeness (QED) is 0.743. The summed E-state index contributed by atoms with van der Waals surface area (Å²) in [5.41, 5.74) is 8.21. The summed E-state index contributed by atoms with van der Waals surface area (Å²) in [7, 11) is 0. The summed E-state index contributed by atoms with van der Waals surface area (Å²) in [6.07, 6.45) is 0.749. The first-order chi connectivity index (χ1) is 9.99. The van der Waals surface area contributed by atoms with E-state index >= 15 is 0 Å². The molecule has 0 unspecified atom stereocenters. The second-order valence-electron chi connectivity index (χ2n) is 4.44. The van der Waals surface area contributed by atoms with E-state index in [2.05, 4.69) is 5.32 Å². The van der Waals surface area contributed by atoms with Gasteiger partial charge in [-0.1, -0.05) is 59.2 Å². The zero-order valence-corrected chi connectivity index (χ0v) is 14.1. The average Bonchev–Trinajstić information content (AvgIpc) is 2.41. The SMILES string of the molecule is NC(=S)c1c(Cl)cccc1NCCc1ccc(Cl)cc1Cl. The lowest BCUT2D eigenvalue weighted by Crippen LogP contribution is -2.15. The number of nitrogens with two attached hydrogens (primary N) is 1. The molecule has 21 heavy (non-hydrogen) atoms. The zero-order valence-electron chi connectivity index (χ0n) is 11.0. The Morgan fingerprint density at radius 2 is 1.86 bits per heavy atom. The molecule has 0 aliphatic heterocycles. The number of hydrogen-bond donors (Lipinski definition) is 2. The van der Waals surface area contributed by atoms with E-state index in [4.69, 9.17) is 52.8 Å². The average molecular weight is 360 g/mol. The topological polar surface area (TPSA) is 38.0 Å². The Bertz CT molecular complexity index is 674. The maximum Gasteiger partial charge on any atom is 0.107 e. The summed E-state index contributed by atoms with van der Waals surface area (Å²) >= 11 is 23.2. The van der Waals surface area contributed by atoms with Crippen LogP contribution in [-0.4, -0.2) is 11.5 Å².